The van der Waals surface area contributed by atoms with Crippen molar-refractivity contribution in [3.63, 3.8) is 0 Å². The van der Waals surface area contributed by atoms with Gasteiger partial charge in [0.1, 0.15) is 11.6 Å². The topological polar surface area (TPSA) is 12.0 Å². The Hall–Kier alpha value is -2.78. The van der Waals surface area contributed by atoms with Gasteiger partial charge in [0.15, 0.2) is 0 Å². The van der Waals surface area contributed by atoms with E-state index in [0.29, 0.717) is 6.54 Å². The first kappa shape index (κ1) is 18.0. The second-order valence-electron chi connectivity index (χ2n) is 6.08. The summed E-state index contributed by atoms with van der Waals surface area (Å²) in [5.74, 6) is -0.608. The van der Waals surface area contributed by atoms with Gasteiger partial charge in [-0.05, 0) is 59.5 Å². The molecule has 3 rings (SSSR count). The van der Waals surface area contributed by atoms with Crippen molar-refractivity contribution in [2.24, 2.45) is 0 Å². The number of halogens is 2. The van der Waals surface area contributed by atoms with Crippen molar-refractivity contribution in [3.05, 3.63) is 113 Å². The molecule has 0 spiro atoms. The highest BCUT2D eigenvalue weighted by molar-refractivity contribution is 5.79. The van der Waals surface area contributed by atoms with Crippen LogP contribution >= 0.6 is 0 Å². The maximum Gasteiger partial charge on any atom is 0.123 e. The van der Waals surface area contributed by atoms with E-state index in [1.165, 1.54) is 29.8 Å². The van der Waals surface area contributed by atoms with Gasteiger partial charge in [-0.25, -0.2) is 8.78 Å². The molecule has 1 nitrogen and oxygen atoms in total. The van der Waals surface area contributed by atoms with Crippen LogP contribution < -0.4 is 5.32 Å². The molecule has 132 valence electrons. The molecule has 26 heavy (non-hydrogen) atoms. The van der Waals surface area contributed by atoms with E-state index in [1.807, 2.05) is 36.4 Å². The van der Waals surface area contributed by atoms with Gasteiger partial charge in [-0.3, -0.25) is 0 Å². The van der Waals surface area contributed by atoms with Gasteiger partial charge in [-0.2, -0.15) is 0 Å². The molecule has 0 fully saturated rings. The summed E-state index contributed by atoms with van der Waals surface area (Å²) in [5, 5.41) is 3.37. The van der Waals surface area contributed by atoms with Crippen molar-refractivity contribution >= 4 is 5.57 Å². The van der Waals surface area contributed by atoms with E-state index in [4.69, 9.17) is 0 Å². The fourth-order valence-corrected chi connectivity index (χ4v) is 2.87. The molecule has 0 aliphatic rings. The normalized spacial score (nSPS) is 10.5. The Morgan fingerprint density at radius 3 is 1.96 bits per heavy atom. The first-order valence-corrected chi connectivity index (χ1v) is 8.69. The van der Waals surface area contributed by atoms with E-state index in [-0.39, 0.29) is 11.6 Å². The van der Waals surface area contributed by atoms with Crippen LogP contribution in [-0.2, 0) is 6.42 Å². The summed E-state index contributed by atoms with van der Waals surface area (Å²) in [4.78, 5) is 0. The lowest BCUT2D eigenvalue weighted by atomic mass is 9.97. The van der Waals surface area contributed by atoms with Crippen molar-refractivity contribution in [2.75, 3.05) is 13.1 Å². The second-order valence-corrected chi connectivity index (χ2v) is 6.08. The third kappa shape index (κ3) is 5.11. The Bertz CT molecular complexity index is 825. The van der Waals surface area contributed by atoms with Crippen LogP contribution in [0, 0.1) is 11.6 Å². The molecule has 3 aromatic rings. The molecule has 0 bridgehead atoms. The van der Waals surface area contributed by atoms with Crippen LogP contribution in [0.15, 0.2) is 84.9 Å². The molecule has 0 saturated carbocycles. The zero-order valence-electron chi connectivity index (χ0n) is 14.5. The zero-order valence-corrected chi connectivity index (χ0v) is 14.5. The SMILES string of the molecule is Fc1cccc(C(=CCNCCc2ccccc2)c2cccc(F)c2)c1. The molecule has 3 aromatic carbocycles. The van der Waals surface area contributed by atoms with Crippen LogP contribution in [0.2, 0.25) is 0 Å². The second kappa shape index (κ2) is 9.07. The van der Waals surface area contributed by atoms with Gasteiger partial charge >= 0.3 is 0 Å². The fraction of sp³-hybridized carbons (Fsp3) is 0.130. The number of rotatable bonds is 7. The molecule has 0 heterocycles. The Labute approximate surface area is 153 Å². The van der Waals surface area contributed by atoms with Crippen molar-refractivity contribution in [1.29, 1.82) is 0 Å². The minimum absolute atomic E-state index is 0.304. The highest BCUT2D eigenvalue weighted by Crippen LogP contribution is 2.24. The summed E-state index contributed by atoms with van der Waals surface area (Å²) >= 11 is 0. The van der Waals surface area contributed by atoms with Gasteiger partial charge < -0.3 is 5.32 Å². The largest absolute Gasteiger partial charge is 0.313 e. The van der Waals surface area contributed by atoms with Gasteiger partial charge in [0.2, 0.25) is 0 Å². The Kier molecular flexibility index (Phi) is 6.29. The minimum Gasteiger partial charge on any atom is -0.313 e. The van der Waals surface area contributed by atoms with Crippen LogP contribution in [0.1, 0.15) is 16.7 Å². The van der Waals surface area contributed by atoms with Gasteiger partial charge in [0.05, 0.1) is 0 Å². The van der Waals surface area contributed by atoms with E-state index in [0.717, 1.165) is 29.7 Å². The lowest BCUT2D eigenvalue weighted by Gasteiger charge is -2.10. The van der Waals surface area contributed by atoms with Crippen molar-refractivity contribution in [2.45, 2.75) is 6.42 Å². The van der Waals surface area contributed by atoms with Crippen molar-refractivity contribution < 1.29 is 8.78 Å². The minimum atomic E-state index is -0.304. The number of hydrogen-bond donors (Lipinski definition) is 1. The van der Waals surface area contributed by atoms with Gasteiger partial charge in [-0.15, -0.1) is 0 Å². The van der Waals surface area contributed by atoms with Crippen molar-refractivity contribution in [3.8, 4) is 0 Å². The van der Waals surface area contributed by atoms with E-state index in [2.05, 4.69) is 17.4 Å². The molecule has 0 unspecified atom stereocenters. The van der Waals surface area contributed by atoms with Gasteiger partial charge in [0.25, 0.3) is 0 Å². The molecule has 0 aliphatic heterocycles. The van der Waals surface area contributed by atoms with E-state index < -0.39 is 0 Å². The Balaban J connectivity index is 1.72. The van der Waals surface area contributed by atoms with Gasteiger partial charge in [-0.1, -0.05) is 60.7 Å². The standard InChI is InChI=1S/C23H21F2N/c24-21-10-4-8-19(16-21)23(20-9-5-11-22(25)17-20)13-15-26-14-12-18-6-2-1-3-7-18/h1-11,13,16-17,26H,12,14-15H2. The molecule has 0 aromatic heterocycles. The molecule has 0 amide bonds. The average Bonchev–Trinajstić information content (AvgIpc) is 2.65. The zero-order chi connectivity index (χ0) is 18.2. The summed E-state index contributed by atoms with van der Waals surface area (Å²) in [6.07, 6.45) is 2.92. The fourth-order valence-electron chi connectivity index (χ4n) is 2.87. The average molecular weight is 349 g/mol. The van der Waals surface area contributed by atoms with Gasteiger partial charge in [0, 0.05) is 6.54 Å². The van der Waals surface area contributed by atoms with Crippen LogP contribution in [0.25, 0.3) is 5.57 Å². The highest BCUT2D eigenvalue weighted by atomic mass is 19.1. The summed E-state index contributed by atoms with van der Waals surface area (Å²) in [6.45, 7) is 1.45. The third-order valence-corrected chi connectivity index (χ3v) is 4.16. The Morgan fingerprint density at radius 1 is 0.769 bits per heavy atom. The summed E-state index contributed by atoms with van der Waals surface area (Å²) in [5.41, 5.74) is 3.57. The maximum absolute atomic E-state index is 13.6. The smallest absolute Gasteiger partial charge is 0.123 e. The highest BCUT2D eigenvalue weighted by Gasteiger charge is 2.07. The number of benzene rings is 3. The first-order valence-electron chi connectivity index (χ1n) is 8.69. The maximum atomic E-state index is 13.6. The first-order chi connectivity index (χ1) is 12.7. The van der Waals surface area contributed by atoms with Crippen LogP contribution in [0.4, 0.5) is 8.78 Å². The molecular formula is C23H21F2N. The van der Waals surface area contributed by atoms with Crippen molar-refractivity contribution in [1.82, 2.24) is 5.32 Å². The predicted octanol–water partition coefficient (Wildman–Crippen LogP) is 5.23. The molecular weight excluding hydrogens is 328 g/mol. The molecule has 0 radical (unpaired) electrons. The van der Waals surface area contributed by atoms with Crippen LogP contribution in [0.5, 0.6) is 0 Å². The summed E-state index contributed by atoms with van der Waals surface area (Å²) < 4.78 is 27.3. The molecule has 3 heteroatoms. The lowest BCUT2D eigenvalue weighted by molar-refractivity contribution is 0.627. The molecule has 0 aliphatic carbocycles. The molecule has 0 saturated heterocycles. The quantitative estimate of drug-likeness (QED) is 0.576. The predicted molar refractivity (Wildman–Crippen MR) is 103 cm³/mol. The number of hydrogen-bond acceptors (Lipinski definition) is 1. The third-order valence-electron chi connectivity index (χ3n) is 4.16. The summed E-state index contributed by atoms with van der Waals surface area (Å²) in [6, 6.07) is 23.0. The van der Waals surface area contributed by atoms with E-state index in [9.17, 15) is 8.78 Å². The van der Waals surface area contributed by atoms with E-state index in [1.54, 1.807) is 12.1 Å². The summed E-state index contributed by atoms with van der Waals surface area (Å²) in [7, 11) is 0. The lowest BCUT2D eigenvalue weighted by Crippen LogP contribution is -2.17. The molecule has 0 atom stereocenters. The van der Waals surface area contributed by atoms with Crippen LogP contribution in [-0.4, -0.2) is 13.1 Å². The Morgan fingerprint density at radius 2 is 1.38 bits per heavy atom. The van der Waals surface area contributed by atoms with E-state index >= 15 is 0 Å². The monoisotopic (exact) mass is 349 g/mol. The number of nitrogens with one attached hydrogen (secondary N) is 1. The molecule has 1 N–H and O–H groups in total. The van der Waals surface area contributed by atoms with Crippen LogP contribution in [0.3, 0.4) is 0 Å².